The molecule has 0 amide bonds. The van der Waals surface area contributed by atoms with Gasteiger partial charge in [0.1, 0.15) is 35.1 Å². The fourth-order valence-corrected chi connectivity index (χ4v) is 14.0. The number of carbonyl (C=O) groups is 3. The Hall–Kier alpha value is -3.69. The van der Waals surface area contributed by atoms with Crippen molar-refractivity contribution >= 4 is 38.6 Å². The van der Waals surface area contributed by atoms with Gasteiger partial charge in [0.15, 0.2) is 28.5 Å². The van der Waals surface area contributed by atoms with Crippen molar-refractivity contribution in [1.82, 2.24) is 19.7 Å². The number of aromatic nitrogens is 1. The molecular formula is C57H92N4O18S. The first-order valence-electron chi connectivity index (χ1n) is 28.3. The summed E-state index contributed by atoms with van der Waals surface area (Å²) in [5.74, 6) is -5.42. The Bertz CT molecular complexity index is 2670. The second-order valence-electron chi connectivity index (χ2n) is 24.4. The van der Waals surface area contributed by atoms with Crippen LogP contribution in [0.2, 0.25) is 0 Å². The van der Waals surface area contributed by atoms with E-state index in [9.17, 15) is 53.1 Å². The Morgan fingerprint density at radius 2 is 1.62 bits per heavy atom. The standard InChI is InChI=1S/C57H92N4O18S/c1-16-42-57(11,70)49(65)35(7)60(14)28-30(2)26-55(9,69)50(79-54-47(64)41(59(12)13)23-32(4)74-54)33(5)48(34(6)53(68)76-42)78-44-27-56(10,73-15)51(36(8)75-44)77-43(62)19-20-58-21-22-80(71,72)38-24-37-18-17-31(3)61-29-40(52(66)67)46(63)39(25-38)45(37)61/h24-25,29-36,41-42,44,47-51,54,58,64-65,69-70H,16-23,26-28H2,1-15H3,(H,66,67)/t30-,31?,32-,33+,34-,35-,36+,41+,42-,44+,47-,48+,49-,50-,51+,54+,55-,56-,57-/m1/s1. The molecule has 6 rings (SSSR count). The number of aliphatic hydroxyl groups is 4. The van der Waals surface area contributed by atoms with Crippen molar-refractivity contribution in [3.05, 3.63) is 39.7 Å². The zero-order valence-electron chi connectivity index (χ0n) is 49.5. The van der Waals surface area contributed by atoms with Crippen LogP contribution in [0.3, 0.4) is 0 Å². The summed E-state index contributed by atoms with van der Waals surface area (Å²) < 4.78 is 73.8. The number of benzene rings is 1. The summed E-state index contributed by atoms with van der Waals surface area (Å²) in [6.07, 6.45) is -7.36. The number of carboxylic acids is 1. The van der Waals surface area contributed by atoms with Gasteiger partial charge in [-0.2, -0.15) is 0 Å². The maximum atomic E-state index is 14.6. The Morgan fingerprint density at radius 1 is 0.950 bits per heavy atom. The second kappa shape index (κ2) is 26.1. The number of pyridine rings is 1. The van der Waals surface area contributed by atoms with Gasteiger partial charge in [0.2, 0.25) is 5.43 Å². The molecule has 0 bridgehead atoms. The summed E-state index contributed by atoms with van der Waals surface area (Å²) in [6.45, 7) is 19.5. The van der Waals surface area contributed by atoms with Gasteiger partial charge in [-0.3, -0.25) is 14.4 Å². The molecule has 0 spiro atoms. The fourth-order valence-electron chi connectivity index (χ4n) is 12.7. The number of likely N-dealkylation sites (N-methyl/N-ethyl adjacent to an activating group) is 2. The van der Waals surface area contributed by atoms with Gasteiger partial charge in [-0.05, 0) is 132 Å². The number of methoxy groups -OCH3 is 1. The molecule has 0 radical (unpaired) electrons. The van der Waals surface area contributed by atoms with E-state index in [4.69, 9.17) is 33.2 Å². The van der Waals surface area contributed by atoms with Crippen molar-refractivity contribution in [3.8, 4) is 0 Å². The number of hydrogen-bond acceptors (Lipinski definition) is 20. The lowest BCUT2D eigenvalue weighted by atomic mass is 9.77. The maximum Gasteiger partial charge on any atom is 0.341 e. The average molecular weight is 1150 g/mol. The molecule has 4 aliphatic rings. The van der Waals surface area contributed by atoms with Crippen molar-refractivity contribution in [3.63, 3.8) is 0 Å². The van der Waals surface area contributed by atoms with Crippen molar-refractivity contribution in [1.29, 1.82) is 0 Å². The fraction of sp³-hybridized carbons (Fsp3) is 0.789. The maximum absolute atomic E-state index is 14.6. The largest absolute Gasteiger partial charge is 0.477 e. The highest BCUT2D eigenvalue weighted by Gasteiger charge is 2.54. The second-order valence-corrected chi connectivity index (χ2v) is 26.5. The van der Waals surface area contributed by atoms with E-state index in [-0.39, 0.29) is 78.9 Å². The van der Waals surface area contributed by atoms with E-state index in [2.05, 4.69) is 5.32 Å². The van der Waals surface area contributed by atoms with Crippen molar-refractivity contribution in [2.24, 2.45) is 17.8 Å². The molecule has 0 aliphatic carbocycles. The minimum Gasteiger partial charge on any atom is -0.477 e. The summed E-state index contributed by atoms with van der Waals surface area (Å²) in [4.78, 5) is 57.1. The van der Waals surface area contributed by atoms with E-state index in [1.165, 1.54) is 26.3 Å². The van der Waals surface area contributed by atoms with Crippen LogP contribution in [-0.2, 0) is 59.0 Å². The summed E-state index contributed by atoms with van der Waals surface area (Å²) in [6, 6.07) is 1.75. The Morgan fingerprint density at radius 3 is 2.25 bits per heavy atom. The topological polar surface area (TPSA) is 292 Å². The molecule has 22 nitrogen and oxygen atoms in total. The van der Waals surface area contributed by atoms with Gasteiger partial charge in [-0.25, -0.2) is 13.2 Å². The summed E-state index contributed by atoms with van der Waals surface area (Å²) in [5.41, 5.74) is -4.81. The first-order valence-corrected chi connectivity index (χ1v) is 30.0. The highest BCUT2D eigenvalue weighted by molar-refractivity contribution is 7.91. The first-order chi connectivity index (χ1) is 37.2. The molecule has 454 valence electrons. The number of carbonyl (C=O) groups excluding carboxylic acids is 2. The van der Waals surface area contributed by atoms with Crippen LogP contribution >= 0.6 is 0 Å². The van der Waals surface area contributed by atoms with E-state index in [1.54, 1.807) is 59.1 Å². The average Bonchev–Trinajstić information content (AvgIpc) is 3.38. The van der Waals surface area contributed by atoms with Crippen LogP contribution in [-0.4, -0.2) is 210 Å². The van der Waals surface area contributed by atoms with Crippen LogP contribution in [0.25, 0.3) is 10.9 Å². The van der Waals surface area contributed by atoms with Gasteiger partial charge < -0.3 is 78.4 Å². The number of nitrogens with one attached hydrogen (secondary N) is 1. The molecule has 5 heterocycles. The number of nitrogens with zero attached hydrogens (tertiary/aromatic N) is 3. The first kappa shape index (κ1) is 65.5. The van der Waals surface area contributed by atoms with Crippen LogP contribution in [0.4, 0.5) is 0 Å². The zero-order valence-corrected chi connectivity index (χ0v) is 50.4. The predicted octanol–water partition coefficient (Wildman–Crippen LogP) is 3.43. The monoisotopic (exact) mass is 1150 g/mol. The van der Waals surface area contributed by atoms with E-state index >= 15 is 0 Å². The lowest BCUT2D eigenvalue weighted by Gasteiger charge is -2.49. The summed E-state index contributed by atoms with van der Waals surface area (Å²) in [7, 11) is 3.01. The molecule has 3 saturated heterocycles. The van der Waals surface area contributed by atoms with Gasteiger partial charge in [0, 0.05) is 68.8 Å². The minimum absolute atomic E-state index is 0.0258. The molecule has 6 N–H and O–H groups in total. The lowest BCUT2D eigenvalue weighted by molar-refractivity contribution is -0.318. The third kappa shape index (κ3) is 14.3. The number of cyclic esters (lactones) is 1. The summed E-state index contributed by atoms with van der Waals surface area (Å²) in [5, 5.41) is 60.9. The number of rotatable bonds is 16. The van der Waals surface area contributed by atoms with Crippen molar-refractivity contribution < 1.29 is 81.5 Å². The van der Waals surface area contributed by atoms with Gasteiger partial charge in [-0.1, -0.05) is 20.8 Å². The molecule has 80 heavy (non-hydrogen) atoms. The van der Waals surface area contributed by atoms with E-state index < -0.39 is 129 Å². The van der Waals surface area contributed by atoms with E-state index in [0.29, 0.717) is 36.9 Å². The van der Waals surface area contributed by atoms with Crippen LogP contribution in [0, 0.1) is 17.8 Å². The lowest BCUT2D eigenvalue weighted by Crippen LogP contribution is -2.61. The minimum atomic E-state index is -3.97. The number of hydrogen-bond donors (Lipinski definition) is 6. The molecule has 19 atom stereocenters. The van der Waals surface area contributed by atoms with Crippen molar-refractivity contribution in [2.45, 2.75) is 222 Å². The van der Waals surface area contributed by atoms with Crippen molar-refractivity contribution in [2.75, 3.05) is 53.6 Å². The normalized spacial score (nSPS) is 38.1. The SMILES string of the molecule is CC[C@H]1OC(=O)[C@H](C)[C@@H](O[C@H]2C[C@@](C)(OC)[C@@H](OC(=O)CCNCCS(=O)(=O)c3cc4c5c(c3)c(=O)c(C(=O)O)cn5C(C)CC4)[C@H](C)O2)[C@H](C)[C@@H](O[C@@H]2O[C@H](C)C[C@H](N(C)C)[C@H]2O)[C@](C)(O)C[C@@H](C)CN(C)[C@H](C)[C@@H](O)[C@]1(C)O. The molecule has 4 aliphatic heterocycles. The molecule has 3 fully saturated rings. The number of aliphatic hydroxyl groups excluding tert-OH is 2. The quantitative estimate of drug-likeness (QED) is 0.104. The molecule has 1 aromatic carbocycles. The number of esters is 2. The molecule has 1 aromatic heterocycles. The molecule has 23 heteroatoms. The third-order valence-electron chi connectivity index (χ3n) is 17.6. The third-order valence-corrected chi connectivity index (χ3v) is 19.2. The van der Waals surface area contributed by atoms with Gasteiger partial charge in [0.25, 0.3) is 0 Å². The van der Waals surface area contributed by atoms with Crippen LogP contribution in [0.1, 0.15) is 137 Å². The smallest absolute Gasteiger partial charge is 0.341 e. The van der Waals surface area contributed by atoms with Crippen LogP contribution in [0.15, 0.2) is 28.0 Å². The van der Waals surface area contributed by atoms with Crippen LogP contribution < -0.4 is 10.7 Å². The molecule has 2 aromatic rings. The number of aryl methyl sites for hydroxylation is 1. The number of sulfone groups is 1. The summed E-state index contributed by atoms with van der Waals surface area (Å²) >= 11 is 0. The Balaban J connectivity index is 1.20. The molecule has 0 saturated carbocycles. The van der Waals surface area contributed by atoms with E-state index in [0.717, 1.165) is 0 Å². The van der Waals surface area contributed by atoms with Crippen LogP contribution in [0.5, 0.6) is 0 Å². The predicted molar refractivity (Wildman–Crippen MR) is 296 cm³/mol. The number of ether oxygens (including phenoxy) is 7. The van der Waals surface area contributed by atoms with Gasteiger partial charge >= 0.3 is 17.9 Å². The zero-order chi connectivity index (χ0) is 59.7. The highest BCUT2D eigenvalue weighted by atomic mass is 32.2. The number of aromatic carboxylic acids is 1. The van der Waals surface area contributed by atoms with E-state index in [1.807, 2.05) is 51.7 Å². The Labute approximate surface area is 471 Å². The molecule has 1 unspecified atom stereocenters. The molecular weight excluding hydrogens is 1060 g/mol. The Kier molecular flexibility index (Phi) is 21.3. The highest BCUT2D eigenvalue weighted by Crippen LogP contribution is 2.41. The van der Waals surface area contributed by atoms with Gasteiger partial charge in [0.05, 0.1) is 58.5 Å². The number of carboxylic acid groups (broad SMARTS) is 1. The van der Waals surface area contributed by atoms with Gasteiger partial charge in [-0.15, -0.1) is 0 Å².